The number of benzene rings is 2. The molecule has 5 heteroatoms. The average molecular weight is 297 g/mol. The van der Waals surface area contributed by atoms with Gasteiger partial charge in [0.1, 0.15) is 5.52 Å². The summed E-state index contributed by atoms with van der Waals surface area (Å²) >= 11 is 4.86. The Hall–Kier alpha value is -2.40. The topological polar surface area (TPSA) is 64.1 Å². The number of hydrogen-bond acceptors (Lipinski definition) is 3. The van der Waals surface area contributed by atoms with Crippen molar-refractivity contribution in [3.8, 4) is 11.5 Å². The van der Waals surface area contributed by atoms with Gasteiger partial charge in [-0.25, -0.2) is 4.98 Å². The summed E-state index contributed by atoms with van der Waals surface area (Å²) in [4.78, 5) is 4.56. The summed E-state index contributed by atoms with van der Waals surface area (Å²) in [7, 11) is 0. The summed E-state index contributed by atoms with van der Waals surface area (Å²) in [6.07, 6.45) is 0. The number of fused-ring (bicyclic) bond motifs is 1. The Balaban J connectivity index is 2.11. The number of aromatic nitrogens is 1. The summed E-state index contributed by atoms with van der Waals surface area (Å²) in [5, 5.41) is 3.16. The van der Waals surface area contributed by atoms with Crippen LogP contribution in [-0.2, 0) is 0 Å². The molecule has 0 radical (unpaired) electrons. The Kier molecular flexibility index (Phi) is 3.35. The molecule has 0 atom stereocenters. The number of hydrogen-bond donors (Lipinski definition) is 2. The molecule has 2 aromatic carbocycles. The molecule has 0 saturated carbocycles. The molecule has 3 aromatic rings. The van der Waals surface area contributed by atoms with E-state index in [-0.39, 0.29) is 5.11 Å². The van der Waals surface area contributed by atoms with E-state index in [1.165, 1.54) is 5.56 Å². The predicted molar refractivity (Wildman–Crippen MR) is 89.3 cm³/mol. The van der Waals surface area contributed by atoms with Gasteiger partial charge in [-0.15, -0.1) is 0 Å². The van der Waals surface area contributed by atoms with E-state index in [0.717, 1.165) is 27.9 Å². The van der Waals surface area contributed by atoms with Gasteiger partial charge in [0.25, 0.3) is 0 Å². The quantitative estimate of drug-likeness (QED) is 0.705. The second kappa shape index (κ2) is 5.18. The zero-order chi connectivity index (χ0) is 15.0. The van der Waals surface area contributed by atoms with Crippen molar-refractivity contribution in [2.24, 2.45) is 5.73 Å². The maximum absolute atomic E-state index is 5.90. The number of anilines is 1. The standard InChI is InChI=1S/C16H15N3OS/c1-9-4-3-5-11(6-9)15-19-13-8-12(18-16(17)21)7-10(2)14(13)20-15/h3-8H,1-2H3,(H3,17,18,21). The lowest BCUT2D eigenvalue weighted by Gasteiger charge is -2.04. The first-order valence-corrected chi connectivity index (χ1v) is 6.98. The summed E-state index contributed by atoms with van der Waals surface area (Å²) in [5.41, 5.74) is 11.0. The molecule has 1 aromatic heterocycles. The van der Waals surface area contributed by atoms with Crippen LogP contribution >= 0.6 is 12.2 Å². The predicted octanol–water partition coefficient (Wildman–Crippen LogP) is 3.77. The number of nitrogens with two attached hydrogens (primary N) is 1. The van der Waals surface area contributed by atoms with E-state index < -0.39 is 0 Å². The van der Waals surface area contributed by atoms with E-state index in [9.17, 15) is 0 Å². The summed E-state index contributed by atoms with van der Waals surface area (Å²) < 4.78 is 5.90. The number of aryl methyl sites for hydroxylation is 2. The minimum absolute atomic E-state index is 0.233. The summed E-state index contributed by atoms with van der Waals surface area (Å²) in [6.45, 7) is 4.01. The lowest BCUT2D eigenvalue weighted by Crippen LogP contribution is -2.18. The normalized spacial score (nSPS) is 10.8. The van der Waals surface area contributed by atoms with E-state index in [0.29, 0.717) is 5.89 Å². The van der Waals surface area contributed by atoms with E-state index >= 15 is 0 Å². The van der Waals surface area contributed by atoms with Crippen LogP contribution in [-0.4, -0.2) is 10.1 Å². The Morgan fingerprint density at radius 1 is 1.24 bits per heavy atom. The van der Waals surface area contributed by atoms with Crippen molar-refractivity contribution in [1.82, 2.24) is 4.98 Å². The zero-order valence-electron chi connectivity index (χ0n) is 11.8. The van der Waals surface area contributed by atoms with Crippen molar-refractivity contribution in [3.05, 3.63) is 47.5 Å². The van der Waals surface area contributed by atoms with Crippen molar-refractivity contribution < 1.29 is 4.42 Å². The van der Waals surface area contributed by atoms with Gasteiger partial charge in [-0.05, 0) is 55.9 Å². The Morgan fingerprint density at radius 3 is 2.76 bits per heavy atom. The van der Waals surface area contributed by atoms with Gasteiger partial charge >= 0.3 is 0 Å². The van der Waals surface area contributed by atoms with E-state index in [4.69, 9.17) is 22.4 Å². The monoisotopic (exact) mass is 297 g/mol. The summed E-state index contributed by atoms with van der Waals surface area (Å²) in [5.74, 6) is 0.615. The van der Waals surface area contributed by atoms with Gasteiger partial charge in [0.2, 0.25) is 5.89 Å². The third kappa shape index (κ3) is 2.73. The third-order valence-electron chi connectivity index (χ3n) is 3.21. The lowest BCUT2D eigenvalue weighted by molar-refractivity contribution is 0.617. The molecule has 21 heavy (non-hydrogen) atoms. The van der Waals surface area contributed by atoms with Gasteiger partial charge < -0.3 is 15.5 Å². The smallest absolute Gasteiger partial charge is 0.227 e. The minimum atomic E-state index is 0.233. The highest BCUT2D eigenvalue weighted by Crippen LogP contribution is 2.29. The van der Waals surface area contributed by atoms with Gasteiger partial charge in [0.15, 0.2) is 10.7 Å². The first-order valence-electron chi connectivity index (χ1n) is 6.57. The molecule has 0 amide bonds. The number of thiocarbonyl (C=S) groups is 1. The van der Waals surface area contributed by atoms with E-state index in [1.807, 2.05) is 50.2 Å². The van der Waals surface area contributed by atoms with Crippen LogP contribution in [0.4, 0.5) is 5.69 Å². The van der Waals surface area contributed by atoms with E-state index in [1.54, 1.807) is 0 Å². The molecule has 0 bridgehead atoms. The van der Waals surface area contributed by atoms with Gasteiger partial charge in [-0.3, -0.25) is 0 Å². The summed E-state index contributed by atoms with van der Waals surface area (Å²) in [6, 6.07) is 11.9. The van der Waals surface area contributed by atoms with Crippen LogP contribution in [0.1, 0.15) is 11.1 Å². The molecule has 0 aliphatic heterocycles. The number of nitrogens with zero attached hydrogens (tertiary/aromatic N) is 1. The fraction of sp³-hybridized carbons (Fsp3) is 0.125. The second-order valence-corrected chi connectivity index (χ2v) is 5.46. The molecular weight excluding hydrogens is 282 g/mol. The Labute approximate surface area is 128 Å². The maximum atomic E-state index is 5.90. The van der Waals surface area contributed by atoms with Gasteiger partial charge in [-0.1, -0.05) is 17.7 Å². The van der Waals surface area contributed by atoms with Crippen LogP contribution in [0.15, 0.2) is 40.8 Å². The van der Waals surface area contributed by atoms with Gasteiger partial charge in [0.05, 0.1) is 0 Å². The highest BCUT2D eigenvalue weighted by molar-refractivity contribution is 7.80. The molecule has 0 fully saturated rings. The molecular formula is C16H15N3OS. The van der Waals surface area contributed by atoms with Crippen molar-refractivity contribution in [2.75, 3.05) is 5.32 Å². The molecule has 4 nitrogen and oxygen atoms in total. The SMILES string of the molecule is Cc1cccc(-c2nc3cc(NC(N)=S)cc(C)c3o2)c1. The molecule has 0 saturated heterocycles. The molecule has 3 N–H and O–H groups in total. The maximum Gasteiger partial charge on any atom is 0.227 e. The molecule has 0 aliphatic carbocycles. The van der Waals surface area contributed by atoms with Crippen LogP contribution in [0, 0.1) is 13.8 Å². The highest BCUT2D eigenvalue weighted by atomic mass is 32.1. The number of rotatable bonds is 2. The van der Waals surface area contributed by atoms with Gasteiger partial charge in [-0.2, -0.15) is 0 Å². The van der Waals surface area contributed by atoms with Crippen LogP contribution in [0.5, 0.6) is 0 Å². The zero-order valence-corrected chi connectivity index (χ0v) is 12.6. The highest BCUT2D eigenvalue weighted by Gasteiger charge is 2.11. The van der Waals surface area contributed by atoms with Crippen molar-refractivity contribution >= 4 is 34.1 Å². The lowest BCUT2D eigenvalue weighted by atomic mass is 10.1. The van der Waals surface area contributed by atoms with Crippen LogP contribution in [0.25, 0.3) is 22.6 Å². The molecule has 0 aliphatic rings. The van der Waals surface area contributed by atoms with Crippen LogP contribution in [0.2, 0.25) is 0 Å². The average Bonchev–Trinajstić information content (AvgIpc) is 2.82. The first-order chi connectivity index (χ1) is 10.0. The van der Waals surface area contributed by atoms with Crippen molar-refractivity contribution in [1.29, 1.82) is 0 Å². The third-order valence-corrected chi connectivity index (χ3v) is 3.31. The minimum Gasteiger partial charge on any atom is -0.436 e. The van der Waals surface area contributed by atoms with Crippen molar-refractivity contribution in [2.45, 2.75) is 13.8 Å². The van der Waals surface area contributed by atoms with Crippen molar-refractivity contribution in [3.63, 3.8) is 0 Å². The molecule has 3 rings (SSSR count). The number of oxazole rings is 1. The fourth-order valence-electron chi connectivity index (χ4n) is 2.32. The Bertz CT molecular complexity index is 839. The number of nitrogens with one attached hydrogen (secondary N) is 1. The van der Waals surface area contributed by atoms with Crippen LogP contribution in [0.3, 0.4) is 0 Å². The van der Waals surface area contributed by atoms with E-state index in [2.05, 4.69) is 10.3 Å². The molecule has 1 heterocycles. The van der Waals surface area contributed by atoms with Gasteiger partial charge in [0, 0.05) is 11.3 Å². The molecule has 0 unspecified atom stereocenters. The largest absolute Gasteiger partial charge is 0.436 e. The van der Waals surface area contributed by atoms with Crippen LogP contribution < -0.4 is 11.1 Å². The second-order valence-electron chi connectivity index (χ2n) is 5.02. The molecule has 0 spiro atoms. The first kappa shape index (κ1) is 13.6. The fourth-order valence-corrected chi connectivity index (χ4v) is 2.43. The Morgan fingerprint density at radius 2 is 2.05 bits per heavy atom. The molecule has 106 valence electrons.